The summed E-state index contributed by atoms with van der Waals surface area (Å²) in [5.74, 6) is 0.436. The van der Waals surface area contributed by atoms with Crippen molar-refractivity contribution in [3.63, 3.8) is 0 Å². The van der Waals surface area contributed by atoms with Crippen LogP contribution in [0.4, 0.5) is 0 Å². The Morgan fingerprint density at radius 3 is 2.43 bits per heavy atom. The number of carbonyl (C=O) groups is 1. The molecule has 2 N–H and O–H groups in total. The minimum Gasteiger partial charge on any atom is -0.493 e. The van der Waals surface area contributed by atoms with Crippen LogP contribution in [0.3, 0.4) is 0 Å². The van der Waals surface area contributed by atoms with Gasteiger partial charge < -0.3 is 14.8 Å². The van der Waals surface area contributed by atoms with E-state index in [0.29, 0.717) is 23.6 Å². The molecule has 1 aromatic carbocycles. The summed E-state index contributed by atoms with van der Waals surface area (Å²) in [5, 5.41) is 2.58. The summed E-state index contributed by atoms with van der Waals surface area (Å²) in [7, 11) is -0.376. The molecule has 1 aromatic rings. The van der Waals surface area contributed by atoms with Gasteiger partial charge in [0.15, 0.2) is 11.5 Å². The van der Waals surface area contributed by atoms with E-state index >= 15 is 0 Å². The van der Waals surface area contributed by atoms with E-state index in [4.69, 9.17) is 9.47 Å². The van der Waals surface area contributed by atoms with Crippen molar-refractivity contribution < 1.29 is 22.7 Å². The molecule has 130 valence electrons. The third kappa shape index (κ3) is 6.45. The lowest BCUT2D eigenvalue weighted by molar-refractivity contribution is 0.0955. The Morgan fingerprint density at radius 2 is 1.83 bits per heavy atom. The van der Waals surface area contributed by atoms with Crippen LogP contribution in [0.5, 0.6) is 11.5 Å². The van der Waals surface area contributed by atoms with Crippen molar-refractivity contribution in [1.82, 2.24) is 10.0 Å². The smallest absolute Gasteiger partial charge is 0.251 e. The number of rotatable bonds is 10. The number of nitrogens with one attached hydrogen (secondary N) is 2. The molecule has 0 radical (unpaired) electrons. The highest BCUT2D eigenvalue weighted by Gasteiger charge is 2.13. The minimum absolute atomic E-state index is 0.0363. The number of unbranched alkanes of at least 4 members (excludes halogenated alkanes) is 1. The van der Waals surface area contributed by atoms with Gasteiger partial charge in [-0.05, 0) is 24.6 Å². The van der Waals surface area contributed by atoms with Gasteiger partial charge in [0.2, 0.25) is 10.0 Å². The number of carbonyl (C=O) groups excluding carboxylic acids is 1. The first-order valence-electron chi connectivity index (χ1n) is 7.41. The zero-order valence-corrected chi connectivity index (χ0v) is 14.5. The fourth-order valence-electron chi connectivity index (χ4n) is 1.86. The lowest BCUT2D eigenvalue weighted by Crippen LogP contribution is -2.34. The lowest BCUT2D eigenvalue weighted by Gasteiger charge is -2.10. The normalized spacial score (nSPS) is 11.1. The van der Waals surface area contributed by atoms with Crippen LogP contribution in [0.1, 0.15) is 30.1 Å². The summed E-state index contributed by atoms with van der Waals surface area (Å²) in [6, 6.07) is 4.75. The van der Waals surface area contributed by atoms with E-state index in [9.17, 15) is 13.2 Å². The topological polar surface area (TPSA) is 93.7 Å². The number of amides is 1. The van der Waals surface area contributed by atoms with Gasteiger partial charge in [-0.3, -0.25) is 4.79 Å². The van der Waals surface area contributed by atoms with Gasteiger partial charge in [0.1, 0.15) is 0 Å². The summed E-state index contributed by atoms with van der Waals surface area (Å²) < 4.78 is 36.1. The van der Waals surface area contributed by atoms with E-state index in [0.717, 1.165) is 12.8 Å². The summed E-state index contributed by atoms with van der Waals surface area (Å²) in [6.45, 7) is 2.44. The molecule has 0 spiro atoms. The molecule has 0 aromatic heterocycles. The van der Waals surface area contributed by atoms with E-state index in [-0.39, 0.29) is 18.2 Å². The van der Waals surface area contributed by atoms with Crippen LogP contribution >= 0.6 is 0 Å². The van der Waals surface area contributed by atoms with E-state index in [1.807, 2.05) is 6.92 Å². The standard InChI is InChI=1S/C15H24N2O5S/c1-4-5-8-17-23(19,20)10-9-16-15(18)12-6-7-13(21-2)14(11-12)22-3/h6-7,11,17H,4-5,8-10H2,1-3H3,(H,16,18). The number of hydrogen-bond donors (Lipinski definition) is 2. The number of sulfonamides is 1. The van der Waals surface area contributed by atoms with E-state index in [2.05, 4.69) is 10.0 Å². The summed E-state index contributed by atoms with van der Waals surface area (Å²) in [4.78, 5) is 12.0. The highest BCUT2D eigenvalue weighted by Crippen LogP contribution is 2.27. The van der Waals surface area contributed by atoms with E-state index in [1.54, 1.807) is 18.2 Å². The SMILES string of the molecule is CCCCNS(=O)(=O)CCNC(=O)c1ccc(OC)c(OC)c1. The van der Waals surface area contributed by atoms with Crippen LogP contribution in [-0.2, 0) is 10.0 Å². The van der Waals surface area contributed by atoms with Crippen molar-refractivity contribution in [3.05, 3.63) is 23.8 Å². The third-order valence-corrected chi connectivity index (χ3v) is 4.54. The maximum atomic E-state index is 12.0. The Labute approximate surface area is 137 Å². The van der Waals surface area contributed by atoms with Crippen molar-refractivity contribution in [2.24, 2.45) is 0 Å². The number of methoxy groups -OCH3 is 2. The van der Waals surface area contributed by atoms with E-state index < -0.39 is 10.0 Å². The number of ether oxygens (including phenoxy) is 2. The van der Waals surface area contributed by atoms with E-state index in [1.165, 1.54) is 14.2 Å². The highest BCUT2D eigenvalue weighted by atomic mass is 32.2. The molecule has 23 heavy (non-hydrogen) atoms. The molecule has 0 saturated carbocycles. The fraction of sp³-hybridized carbons (Fsp3) is 0.533. The van der Waals surface area contributed by atoms with Gasteiger partial charge in [0, 0.05) is 18.7 Å². The predicted molar refractivity (Wildman–Crippen MR) is 88.6 cm³/mol. The molecular weight excluding hydrogens is 320 g/mol. The van der Waals surface area contributed by atoms with Crippen LogP contribution in [-0.4, -0.2) is 47.4 Å². The van der Waals surface area contributed by atoms with Crippen LogP contribution < -0.4 is 19.5 Å². The van der Waals surface area contributed by atoms with Crippen molar-refractivity contribution in [2.45, 2.75) is 19.8 Å². The second-order valence-corrected chi connectivity index (χ2v) is 6.82. The highest BCUT2D eigenvalue weighted by molar-refractivity contribution is 7.89. The fourth-order valence-corrected chi connectivity index (χ4v) is 2.83. The molecule has 0 aliphatic rings. The van der Waals surface area contributed by atoms with Gasteiger partial charge in [-0.15, -0.1) is 0 Å². The molecule has 0 heterocycles. The first-order valence-corrected chi connectivity index (χ1v) is 9.06. The number of benzene rings is 1. The largest absolute Gasteiger partial charge is 0.493 e. The average Bonchev–Trinajstić information content (AvgIpc) is 2.53. The maximum absolute atomic E-state index is 12.0. The zero-order valence-electron chi connectivity index (χ0n) is 13.7. The summed E-state index contributed by atoms with van der Waals surface area (Å²) in [6.07, 6.45) is 1.70. The van der Waals surface area contributed by atoms with Crippen molar-refractivity contribution in [2.75, 3.05) is 33.1 Å². The van der Waals surface area contributed by atoms with Crippen LogP contribution in [0.2, 0.25) is 0 Å². The molecule has 1 amide bonds. The second-order valence-electron chi connectivity index (χ2n) is 4.89. The van der Waals surface area contributed by atoms with Gasteiger partial charge in [-0.25, -0.2) is 13.1 Å². The second kappa shape index (κ2) is 9.36. The quantitative estimate of drug-likeness (QED) is 0.621. The van der Waals surface area contributed by atoms with Gasteiger partial charge >= 0.3 is 0 Å². The first-order chi connectivity index (χ1) is 10.9. The third-order valence-electron chi connectivity index (χ3n) is 3.15. The van der Waals surface area contributed by atoms with Gasteiger partial charge in [-0.1, -0.05) is 13.3 Å². The minimum atomic E-state index is -3.36. The molecule has 0 fully saturated rings. The first kappa shape index (κ1) is 19.2. The summed E-state index contributed by atoms with van der Waals surface area (Å²) >= 11 is 0. The van der Waals surface area contributed by atoms with Crippen LogP contribution in [0.15, 0.2) is 18.2 Å². The summed E-state index contributed by atoms with van der Waals surface area (Å²) in [5.41, 5.74) is 0.374. The Morgan fingerprint density at radius 1 is 1.13 bits per heavy atom. The Kier molecular flexibility index (Phi) is 7.84. The number of hydrogen-bond acceptors (Lipinski definition) is 5. The van der Waals surface area contributed by atoms with Crippen molar-refractivity contribution in [3.8, 4) is 11.5 Å². The molecule has 0 aliphatic heterocycles. The molecular formula is C15H24N2O5S. The Hall–Kier alpha value is -1.80. The van der Waals surface area contributed by atoms with Crippen molar-refractivity contribution in [1.29, 1.82) is 0 Å². The van der Waals surface area contributed by atoms with Crippen LogP contribution in [0.25, 0.3) is 0 Å². The monoisotopic (exact) mass is 344 g/mol. The van der Waals surface area contributed by atoms with Crippen molar-refractivity contribution >= 4 is 15.9 Å². The molecule has 0 aliphatic carbocycles. The predicted octanol–water partition coefficient (Wildman–Crippen LogP) is 1.15. The molecule has 1 rings (SSSR count). The Balaban J connectivity index is 2.54. The molecule has 0 saturated heterocycles. The van der Waals surface area contributed by atoms with Gasteiger partial charge in [-0.2, -0.15) is 0 Å². The molecule has 0 bridgehead atoms. The molecule has 0 unspecified atom stereocenters. The van der Waals surface area contributed by atoms with Gasteiger partial charge in [0.25, 0.3) is 5.91 Å². The lowest BCUT2D eigenvalue weighted by atomic mass is 10.2. The zero-order chi connectivity index (χ0) is 17.3. The Bertz CT molecular complexity index is 616. The molecule has 0 atom stereocenters. The molecule has 7 nitrogen and oxygen atoms in total. The molecule has 8 heteroatoms. The van der Waals surface area contributed by atoms with Crippen LogP contribution in [0, 0.1) is 0 Å². The average molecular weight is 344 g/mol. The van der Waals surface area contributed by atoms with Gasteiger partial charge in [0.05, 0.1) is 20.0 Å². The maximum Gasteiger partial charge on any atom is 0.251 e.